The molecule has 5 rings (SSSR count). The molecule has 0 aliphatic carbocycles. The number of thioether (sulfide) groups is 2. The number of benzene rings is 2. The molecule has 2 N–H and O–H groups in total. The average molecular weight is 497 g/mol. The van der Waals surface area contributed by atoms with E-state index in [1.807, 2.05) is 60.7 Å². The Hall–Kier alpha value is -2.66. The maximum absolute atomic E-state index is 13.6. The van der Waals surface area contributed by atoms with E-state index in [1.165, 1.54) is 16.4 Å². The number of nitrogens with two attached hydrogens (primary N) is 1. The Kier molecular flexibility index (Phi) is 6.50. The highest BCUT2D eigenvalue weighted by Crippen LogP contribution is 2.42. The van der Waals surface area contributed by atoms with Crippen molar-refractivity contribution < 1.29 is 14.3 Å². The van der Waals surface area contributed by atoms with Crippen LogP contribution >= 0.6 is 35.1 Å². The smallest absolute Gasteiger partial charge is 0.356 e. The summed E-state index contributed by atoms with van der Waals surface area (Å²) >= 11 is 4.42. The molecule has 7 nitrogen and oxygen atoms in total. The van der Waals surface area contributed by atoms with E-state index in [1.54, 1.807) is 29.7 Å². The lowest BCUT2D eigenvalue weighted by molar-refractivity contribution is -0.153. The molecule has 0 spiro atoms. The molecule has 2 aliphatic heterocycles. The largest absolute Gasteiger partial charge is 0.448 e. The third kappa shape index (κ3) is 4.43. The van der Waals surface area contributed by atoms with Crippen molar-refractivity contribution in [1.29, 1.82) is 0 Å². The maximum atomic E-state index is 13.6. The van der Waals surface area contributed by atoms with E-state index in [0.29, 0.717) is 17.2 Å². The van der Waals surface area contributed by atoms with Gasteiger partial charge in [0.2, 0.25) is 5.91 Å². The Labute approximate surface area is 203 Å². The molecule has 2 aliphatic rings. The topological polar surface area (TPSA) is 98.4 Å². The van der Waals surface area contributed by atoms with E-state index in [4.69, 9.17) is 10.5 Å². The van der Waals surface area contributed by atoms with Crippen LogP contribution in [0.3, 0.4) is 0 Å². The van der Waals surface area contributed by atoms with Gasteiger partial charge in [-0.15, -0.1) is 28.6 Å². The van der Waals surface area contributed by atoms with Gasteiger partial charge in [0.05, 0.1) is 6.20 Å². The molecule has 0 bridgehead atoms. The highest BCUT2D eigenvalue weighted by atomic mass is 32.2. The highest BCUT2D eigenvalue weighted by Gasteiger charge is 2.52. The van der Waals surface area contributed by atoms with Crippen LogP contribution in [-0.4, -0.2) is 49.3 Å². The number of amides is 1. The van der Waals surface area contributed by atoms with Gasteiger partial charge in [-0.3, -0.25) is 9.69 Å². The molecule has 1 aromatic heterocycles. The lowest BCUT2D eigenvalue weighted by atomic mass is 10.0. The van der Waals surface area contributed by atoms with Crippen molar-refractivity contribution in [3.63, 3.8) is 0 Å². The molecule has 168 valence electrons. The standard InChI is InChI=1S/C23H20N4O3S3/c24-18-21(28)27-19(16(13-32-22(18)27)12-31-17-11-25-26-33-17)23(29)30-20(14-7-3-1-4-8-14)15-9-5-2-6-10-15/h1-11,18,20,22H,12-13,24H2/t18?,22-/m1/s1. The summed E-state index contributed by atoms with van der Waals surface area (Å²) in [5.74, 6) is 0.370. The SMILES string of the molecule is NC1C(=O)N2C(C(=O)OC(c3ccccc3)c3ccccc3)=C(CSc3cnns3)CS[C@H]12. The Morgan fingerprint density at radius 2 is 1.82 bits per heavy atom. The quantitative estimate of drug-likeness (QED) is 0.302. The normalized spacial score (nSPS) is 19.9. The first kappa shape index (κ1) is 22.1. The number of rotatable bonds is 7. The minimum absolute atomic E-state index is 0.245. The number of fused-ring (bicyclic) bond motifs is 1. The molecule has 2 atom stereocenters. The molecule has 3 aromatic rings. The van der Waals surface area contributed by atoms with Crippen LogP contribution in [0.15, 0.2) is 82.3 Å². The monoisotopic (exact) mass is 496 g/mol. The van der Waals surface area contributed by atoms with Gasteiger partial charge in [-0.1, -0.05) is 65.2 Å². The molecule has 10 heteroatoms. The number of carbonyl (C=O) groups is 2. The number of esters is 1. The van der Waals surface area contributed by atoms with Crippen LogP contribution < -0.4 is 5.73 Å². The highest BCUT2D eigenvalue weighted by molar-refractivity contribution is 8.01. The summed E-state index contributed by atoms with van der Waals surface area (Å²) < 4.78 is 10.9. The van der Waals surface area contributed by atoms with Crippen LogP contribution in [0.1, 0.15) is 17.2 Å². The summed E-state index contributed by atoms with van der Waals surface area (Å²) in [6.07, 6.45) is 1.10. The van der Waals surface area contributed by atoms with Gasteiger partial charge in [-0.25, -0.2) is 4.79 Å². The fraction of sp³-hybridized carbons (Fsp3) is 0.217. The number of β-lactam (4-membered cyclic amide) rings is 1. The second kappa shape index (κ2) is 9.68. The zero-order valence-electron chi connectivity index (χ0n) is 17.4. The van der Waals surface area contributed by atoms with Gasteiger partial charge in [-0.2, -0.15) is 0 Å². The van der Waals surface area contributed by atoms with Gasteiger partial charge in [-0.05, 0) is 28.2 Å². The van der Waals surface area contributed by atoms with Crippen LogP contribution in [0.25, 0.3) is 0 Å². The molecular formula is C23H20N4O3S3. The van der Waals surface area contributed by atoms with Crippen molar-refractivity contribution >= 4 is 46.9 Å². The number of ether oxygens (including phenoxy) is 1. The predicted molar refractivity (Wildman–Crippen MR) is 130 cm³/mol. The summed E-state index contributed by atoms with van der Waals surface area (Å²) in [6.45, 7) is 0. The second-order valence-electron chi connectivity index (χ2n) is 7.52. The fourth-order valence-electron chi connectivity index (χ4n) is 3.81. The first-order chi connectivity index (χ1) is 16.1. The van der Waals surface area contributed by atoms with Crippen molar-refractivity contribution in [3.8, 4) is 0 Å². The van der Waals surface area contributed by atoms with Crippen LogP contribution in [0, 0.1) is 0 Å². The first-order valence-electron chi connectivity index (χ1n) is 10.3. The molecule has 33 heavy (non-hydrogen) atoms. The van der Waals surface area contributed by atoms with Crippen molar-refractivity contribution in [3.05, 3.63) is 89.3 Å². The Morgan fingerprint density at radius 3 is 2.42 bits per heavy atom. The minimum atomic E-state index is -0.600. The number of hydrogen-bond donors (Lipinski definition) is 1. The van der Waals surface area contributed by atoms with Crippen LogP contribution in [-0.2, 0) is 14.3 Å². The average Bonchev–Trinajstić information content (AvgIpc) is 3.39. The van der Waals surface area contributed by atoms with Crippen molar-refractivity contribution in [2.45, 2.75) is 21.7 Å². The van der Waals surface area contributed by atoms with Crippen molar-refractivity contribution in [1.82, 2.24) is 14.5 Å². The number of nitrogens with zero attached hydrogens (tertiary/aromatic N) is 3. The number of hydrogen-bond acceptors (Lipinski definition) is 9. The van der Waals surface area contributed by atoms with E-state index in [-0.39, 0.29) is 11.3 Å². The van der Waals surface area contributed by atoms with Gasteiger partial charge in [0.15, 0.2) is 6.10 Å². The summed E-state index contributed by atoms with van der Waals surface area (Å²) in [7, 11) is 0. The molecule has 3 heterocycles. The zero-order chi connectivity index (χ0) is 22.8. The summed E-state index contributed by atoms with van der Waals surface area (Å²) in [4.78, 5) is 27.8. The first-order valence-corrected chi connectivity index (χ1v) is 13.1. The van der Waals surface area contributed by atoms with Crippen molar-refractivity contribution in [2.75, 3.05) is 11.5 Å². The molecule has 0 radical (unpaired) electrons. The van der Waals surface area contributed by atoms with Gasteiger partial charge < -0.3 is 10.5 Å². The van der Waals surface area contributed by atoms with E-state index in [2.05, 4.69) is 9.59 Å². The second-order valence-corrected chi connectivity index (χ2v) is 10.7. The van der Waals surface area contributed by atoms with E-state index >= 15 is 0 Å². The molecule has 0 saturated carbocycles. The number of carbonyl (C=O) groups excluding carboxylic acids is 2. The van der Waals surface area contributed by atoms with Crippen LogP contribution in [0.4, 0.5) is 0 Å². The van der Waals surface area contributed by atoms with Gasteiger partial charge in [0.1, 0.15) is 21.3 Å². The molecule has 2 aromatic carbocycles. The van der Waals surface area contributed by atoms with E-state index in [0.717, 1.165) is 20.9 Å². The molecule has 1 saturated heterocycles. The molecule has 1 amide bonds. The van der Waals surface area contributed by atoms with Gasteiger partial charge in [0, 0.05) is 11.5 Å². The fourth-order valence-corrected chi connectivity index (χ4v) is 6.66. The minimum Gasteiger partial charge on any atom is -0.448 e. The number of aromatic nitrogens is 2. The predicted octanol–water partition coefficient (Wildman–Crippen LogP) is 3.46. The maximum Gasteiger partial charge on any atom is 0.356 e. The molecule has 1 fully saturated rings. The van der Waals surface area contributed by atoms with Gasteiger partial charge in [0.25, 0.3) is 0 Å². The van der Waals surface area contributed by atoms with Crippen molar-refractivity contribution in [2.24, 2.45) is 5.73 Å². The van der Waals surface area contributed by atoms with E-state index < -0.39 is 18.1 Å². The molecular weight excluding hydrogens is 476 g/mol. The lowest BCUT2D eigenvalue weighted by Crippen LogP contribution is -2.68. The molecule has 1 unspecified atom stereocenters. The van der Waals surface area contributed by atoms with Gasteiger partial charge >= 0.3 is 5.97 Å². The summed E-state index contributed by atoms with van der Waals surface area (Å²) in [6, 6.07) is 18.6. The lowest BCUT2D eigenvalue weighted by Gasteiger charge is -2.48. The third-order valence-electron chi connectivity index (χ3n) is 5.44. The Morgan fingerprint density at radius 1 is 1.15 bits per heavy atom. The summed E-state index contributed by atoms with van der Waals surface area (Å²) in [5.41, 5.74) is 8.89. The third-order valence-corrected chi connectivity index (χ3v) is 8.72. The summed E-state index contributed by atoms with van der Waals surface area (Å²) in [5, 5.41) is 3.62. The zero-order valence-corrected chi connectivity index (χ0v) is 19.8. The van der Waals surface area contributed by atoms with Crippen LogP contribution in [0.5, 0.6) is 0 Å². The Bertz CT molecular complexity index is 1130. The Balaban J connectivity index is 1.47. The van der Waals surface area contributed by atoms with E-state index in [9.17, 15) is 9.59 Å². The van der Waals surface area contributed by atoms with Crippen LogP contribution in [0.2, 0.25) is 0 Å².